The molecule has 3 heteroatoms. The van der Waals surface area contributed by atoms with Gasteiger partial charge < -0.3 is 5.21 Å². The minimum Gasteiger partial charge on any atom is -0.411 e. The first kappa shape index (κ1) is 11.9. The second-order valence-electron chi connectivity index (χ2n) is 3.70. The molecule has 0 aliphatic carbocycles. The normalized spacial score (nSPS) is 12.8. The summed E-state index contributed by atoms with van der Waals surface area (Å²) < 4.78 is 1.04. The molecule has 1 unspecified atom stereocenters. The molecule has 2 rings (SSSR count). The van der Waals surface area contributed by atoms with Crippen LogP contribution in [0.5, 0.6) is 0 Å². The van der Waals surface area contributed by atoms with Gasteiger partial charge in [-0.25, -0.2) is 0 Å². The third kappa shape index (κ3) is 2.94. The number of nitrogens with zero attached hydrogens (tertiary/aromatic N) is 1. The number of hydrogen-bond donors (Lipinski definition) is 1. The van der Waals surface area contributed by atoms with Gasteiger partial charge in [0.15, 0.2) is 0 Å². The van der Waals surface area contributed by atoms with Gasteiger partial charge in [-0.05, 0) is 23.3 Å². The van der Waals surface area contributed by atoms with Crippen LogP contribution >= 0.6 is 15.9 Å². The number of rotatable bonds is 3. The topological polar surface area (TPSA) is 32.6 Å². The monoisotopic (exact) mass is 289 g/mol. The molecule has 2 aromatic rings. The first-order chi connectivity index (χ1) is 8.31. The Morgan fingerprint density at radius 2 is 1.53 bits per heavy atom. The molecule has 0 heterocycles. The van der Waals surface area contributed by atoms with Crippen molar-refractivity contribution in [3.63, 3.8) is 0 Å². The van der Waals surface area contributed by atoms with Crippen molar-refractivity contribution >= 4 is 22.1 Å². The average molecular weight is 290 g/mol. The van der Waals surface area contributed by atoms with Crippen LogP contribution in [0.2, 0.25) is 0 Å². The maximum Gasteiger partial charge on any atom is 0.0554 e. The van der Waals surface area contributed by atoms with Crippen LogP contribution in [0.15, 0.2) is 64.2 Å². The molecule has 0 aliphatic rings. The van der Waals surface area contributed by atoms with Crippen molar-refractivity contribution in [1.29, 1.82) is 0 Å². The Morgan fingerprint density at radius 3 is 2.12 bits per heavy atom. The summed E-state index contributed by atoms with van der Waals surface area (Å²) in [7, 11) is 0. The van der Waals surface area contributed by atoms with E-state index < -0.39 is 0 Å². The fraction of sp³-hybridized carbons (Fsp3) is 0.0714. The maximum atomic E-state index is 8.77. The molecule has 2 nitrogen and oxygen atoms in total. The van der Waals surface area contributed by atoms with E-state index in [0.29, 0.717) is 0 Å². The highest BCUT2D eigenvalue weighted by Gasteiger charge is 2.11. The van der Waals surface area contributed by atoms with Crippen LogP contribution in [-0.4, -0.2) is 11.4 Å². The second-order valence-corrected chi connectivity index (χ2v) is 4.62. The van der Waals surface area contributed by atoms with Crippen molar-refractivity contribution in [2.24, 2.45) is 5.16 Å². The van der Waals surface area contributed by atoms with Crippen LogP contribution in [0.25, 0.3) is 0 Å². The molecule has 86 valence electrons. The molecule has 0 spiro atoms. The Bertz CT molecular complexity index is 493. The zero-order valence-corrected chi connectivity index (χ0v) is 10.7. The Morgan fingerprint density at radius 1 is 0.941 bits per heavy atom. The lowest BCUT2D eigenvalue weighted by Gasteiger charge is -2.12. The fourth-order valence-corrected chi connectivity index (χ4v) is 2.03. The third-order valence-electron chi connectivity index (χ3n) is 2.60. The molecular formula is C14H12BrNO. The molecule has 1 atom stereocenters. The minimum atomic E-state index is -0.0192. The molecule has 0 saturated heterocycles. The molecule has 0 radical (unpaired) electrons. The van der Waals surface area contributed by atoms with E-state index in [1.54, 1.807) is 6.21 Å². The van der Waals surface area contributed by atoms with Crippen LogP contribution < -0.4 is 0 Å². The molecule has 0 amide bonds. The summed E-state index contributed by atoms with van der Waals surface area (Å²) in [6, 6.07) is 18.0. The molecule has 0 saturated carbocycles. The second kappa shape index (κ2) is 5.64. The van der Waals surface area contributed by atoms with Crippen molar-refractivity contribution in [1.82, 2.24) is 0 Å². The molecule has 0 bridgehead atoms. The summed E-state index contributed by atoms with van der Waals surface area (Å²) in [5.41, 5.74) is 2.20. The van der Waals surface area contributed by atoms with Gasteiger partial charge in [-0.1, -0.05) is 58.4 Å². The van der Waals surface area contributed by atoms with Gasteiger partial charge in [0, 0.05) is 10.4 Å². The van der Waals surface area contributed by atoms with E-state index in [2.05, 4.69) is 21.1 Å². The predicted octanol–water partition coefficient (Wildman–Crippen LogP) is 4.04. The fourth-order valence-electron chi connectivity index (χ4n) is 1.76. The maximum absolute atomic E-state index is 8.77. The summed E-state index contributed by atoms with van der Waals surface area (Å²) in [4.78, 5) is 0. The summed E-state index contributed by atoms with van der Waals surface area (Å²) >= 11 is 3.41. The first-order valence-electron chi connectivity index (χ1n) is 5.29. The summed E-state index contributed by atoms with van der Waals surface area (Å²) in [6.07, 6.45) is 1.54. The van der Waals surface area contributed by atoms with Crippen LogP contribution in [0.1, 0.15) is 17.0 Å². The third-order valence-corrected chi connectivity index (χ3v) is 3.13. The smallest absolute Gasteiger partial charge is 0.0554 e. The van der Waals surface area contributed by atoms with E-state index in [1.165, 1.54) is 0 Å². The van der Waals surface area contributed by atoms with Gasteiger partial charge in [0.1, 0.15) is 0 Å². The largest absolute Gasteiger partial charge is 0.411 e. The lowest BCUT2D eigenvalue weighted by molar-refractivity contribution is 0.320. The molecule has 0 aromatic heterocycles. The highest BCUT2D eigenvalue weighted by atomic mass is 79.9. The lowest BCUT2D eigenvalue weighted by atomic mass is 9.92. The Balaban J connectivity index is 2.39. The van der Waals surface area contributed by atoms with Crippen LogP contribution in [0.3, 0.4) is 0 Å². The Labute approximate surface area is 109 Å². The zero-order chi connectivity index (χ0) is 12.1. The number of oxime groups is 1. The van der Waals surface area contributed by atoms with Gasteiger partial charge in [-0.3, -0.25) is 0 Å². The highest BCUT2D eigenvalue weighted by Crippen LogP contribution is 2.24. The standard InChI is InChI=1S/C14H12BrNO/c15-13-8-6-12(7-9-13)14(10-16-17)11-4-2-1-3-5-11/h1-10,14,17H/b16-10+. The van der Waals surface area contributed by atoms with E-state index in [4.69, 9.17) is 5.21 Å². The van der Waals surface area contributed by atoms with Gasteiger partial charge in [-0.2, -0.15) is 0 Å². The summed E-state index contributed by atoms with van der Waals surface area (Å²) in [6.45, 7) is 0. The van der Waals surface area contributed by atoms with Crippen molar-refractivity contribution in [2.75, 3.05) is 0 Å². The van der Waals surface area contributed by atoms with Gasteiger partial charge in [0.05, 0.1) is 6.21 Å². The molecule has 1 N–H and O–H groups in total. The lowest BCUT2D eigenvalue weighted by Crippen LogP contribution is -2.02. The Hall–Kier alpha value is -1.61. The van der Waals surface area contributed by atoms with E-state index in [1.807, 2.05) is 54.6 Å². The van der Waals surface area contributed by atoms with Gasteiger partial charge >= 0.3 is 0 Å². The molecule has 2 aromatic carbocycles. The quantitative estimate of drug-likeness (QED) is 0.516. The molecular weight excluding hydrogens is 278 g/mol. The van der Waals surface area contributed by atoms with E-state index >= 15 is 0 Å². The molecule has 0 aliphatic heterocycles. The Kier molecular flexibility index (Phi) is 3.94. The van der Waals surface area contributed by atoms with Crippen molar-refractivity contribution in [3.8, 4) is 0 Å². The number of hydrogen-bond acceptors (Lipinski definition) is 2. The summed E-state index contributed by atoms with van der Waals surface area (Å²) in [5.74, 6) is -0.0192. The number of benzene rings is 2. The van der Waals surface area contributed by atoms with Crippen LogP contribution in [0.4, 0.5) is 0 Å². The minimum absolute atomic E-state index is 0.0192. The van der Waals surface area contributed by atoms with Gasteiger partial charge in [0.25, 0.3) is 0 Å². The number of halogens is 1. The van der Waals surface area contributed by atoms with Crippen molar-refractivity contribution in [3.05, 3.63) is 70.2 Å². The molecule has 17 heavy (non-hydrogen) atoms. The van der Waals surface area contributed by atoms with Crippen molar-refractivity contribution < 1.29 is 5.21 Å². The van der Waals surface area contributed by atoms with E-state index in [9.17, 15) is 0 Å². The summed E-state index contributed by atoms with van der Waals surface area (Å²) in [5, 5.41) is 11.9. The van der Waals surface area contributed by atoms with E-state index in [-0.39, 0.29) is 5.92 Å². The van der Waals surface area contributed by atoms with E-state index in [0.717, 1.165) is 15.6 Å². The average Bonchev–Trinajstić information content (AvgIpc) is 2.38. The SMILES string of the molecule is O/N=C/C(c1ccccc1)c1ccc(Br)cc1. The zero-order valence-electron chi connectivity index (χ0n) is 9.12. The van der Waals surface area contributed by atoms with Gasteiger partial charge in [-0.15, -0.1) is 5.16 Å². The van der Waals surface area contributed by atoms with Crippen LogP contribution in [-0.2, 0) is 0 Å². The first-order valence-corrected chi connectivity index (χ1v) is 6.08. The van der Waals surface area contributed by atoms with Crippen molar-refractivity contribution in [2.45, 2.75) is 5.92 Å². The van der Waals surface area contributed by atoms with Crippen LogP contribution in [0, 0.1) is 0 Å². The highest BCUT2D eigenvalue weighted by molar-refractivity contribution is 9.10. The van der Waals surface area contributed by atoms with Gasteiger partial charge in [0.2, 0.25) is 0 Å². The molecule has 0 fully saturated rings. The predicted molar refractivity (Wildman–Crippen MR) is 72.7 cm³/mol.